The summed E-state index contributed by atoms with van der Waals surface area (Å²) < 4.78 is 45.4. The molecule has 1 N–H and O–H groups in total. The molecule has 0 saturated heterocycles. The molecule has 1 amide bonds. The van der Waals surface area contributed by atoms with Gasteiger partial charge in [-0.15, -0.1) is 0 Å². The van der Waals surface area contributed by atoms with Crippen molar-refractivity contribution in [1.82, 2.24) is 0 Å². The number of nitrogens with zero attached hydrogens (tertiary/aromatic N) is 1. The highest BCUT2D eigenvalue weighted by molar-refractivity contribution is 8.14. The van der Waals surface area contributed by atoms with Crippen LogP contribution >= 0.6 is 21.4 Å². The van der Waals surface area contributed by atoms with Crippen molar-refractivity contribution in [2.45, 2.75) is 16.7 Å². The van der Waals surface area contributed by atoms with Crippen LogP contribution in [0.3, 0.4) is 0 Å². The lowest BCUT2D eigenvalue weighted by Gasteiger charge is -2.09. The second-order valence-electron chi connectivity index (χ2n) is 3.63. The highest BCUT2D eigenvalue weighted by Crippen LogP contribution is 2.36. The van der Waals surface area contributed by atoms with Crippen LogP contribution in [0.15, 0.2) is 21.9 Å². The van der Waals surface area contributed by atoms with E-state index in [9.17, 15) is 31.7 Å². The van der Waals surface area contributed by atoms with Gasteiger partial charge in [-0.1, -0.05) is 0 Å². The van der Waals surface area contributed by atoms with E-state index >= 15 is 0 Å². The van der Waals surface area contributed by atoms with Gasteiger partial charge in [-0.2, -0.15) is 0 Å². The van der Waals surface area contributed by atoms with Crippen molar-refractivity contribution < 1.29 is 26.6 Å². The molecule has 0 aromatic heterocycles. The van der Waals surface area contributed by atoms with Crippen LogP contribution in [-0.4, -0.2) is 27.7 Å². The molecule has 21 heavy (non-hydrogen) atoms. The summed E-state index contributed by atoms with van der Waals surface area (Å²) >= 11 is 0. The van der Waals surface area contributed by atoms with Gasteiger partial charge in [-0.3, -0.25) is 14.9 Å². The van der Waals surface area contributed by atoms with Gasteiger partial charge in [-0.05, 0) is 6.07 Å². The molecule has 9 nitrogen and oxygen atoms in total. The third-order valence-electron chi connectivity index (χ3n) is 2.09. The number of halogens is 2. The van der Waals surface area contributed by atoms with Crippen molar-refractivity contribution in [1.29, 1.82) is 0 Å². The number of benzene rings is 1. The average Bonchev–Trinajstić information content (AvgIpc) is 2.24. The summed E-state index contributed by atoms with van der Waals surface area (Å²) in [6, 6.07) is 0.958. The minimum Gasteiger partial charge on any atom is -0.325 e. The van der Waals surface area contributed by atoms with Gasteiger partial charge < -0.3 is 5.32 Å². The van der Waals surface area contributed by atoms with Crippen LogP contribution in [0, 0.1) is 10.1 Å². The standard InChI is InChI=1S/C8H6Cl2N2O7S2/c1-4(13)11-5-2-6(12(14)15)8(21(10,18)19)3-7(5)20(9,16)17/h2-3H,1H3,(H,11,13). The fraction of sp³-hybridized carbons (Fsp3) is 0.125. The Balaban J connectivity index is 3.88. The normalized spacial score (nSPS) is 12.0. The zero-order valence-electron chi connectivity index (χ0n) is 10.0. The van der Waals surface area contributed by atoms with Crippen LogP contribution in [0.5, 0.6) is 0 Å². The molecular weight excluding hydrogens is 371 g/mol. The zero-order valence-corrected chi connectivity index (χ0v) is 13.2. The van der Waals surface area contributed by atoms with E-state index in [0.717, 1.165) is 6.92 Å². The molecule has 1 aromatic carbocycles. The van der Waals surface area contributed by atoms with E-state index in [-0.39, 0.29) is 0 Å². The van der Waals surface area contributed by atoms with Crippen LogP contribution in [0.1, 0.15) is 6.92 Å². The van der Waals surface area contributed by atoms with Crippen molar-refractivity contribution in [3.8, 4) is 0 Å². The summed E-state index contributed by atoms with van der Waals surface area (Å²) in [6.45, 7) is 1.02. The number of nitro groups is 1. The third kappa shape index (κ3) is 4.27. The molecule has 0 spiro atoms. The first kappa shape index (κ1) is 17.6. The maximum Gasteiger partial charge on any atom is 0.291 e. The first-order chi connectivity index (χ1) is 9.34. The maximum absolute atomic E-state index is 11.4. The Hall–Kier alpha value is -1.43. The lowest BCUT2D eigenvalue weighted by atomic mass is 10.2. The monoisotopic (exact) mass is 376 g/mol. The van der Waals surface area contributed by atoms with Crippen LogP contribution in [0.2, 0.25) is 0 Å². The van der Waals surface area contributed by atoms with Crippen LogP contribution in [-0.2, 0) is 22.9 Å². The smallest absolute Gasteiger partial charge is 0.291 e. The molecule has 0 aliphatic heterocycles. The largest absolute Gasteiger partial charge is 0.325 e. The van der Waals surface area contributed by atoms with Crippen molar-refractivity contribution >= 4 is 56.7 Å². The SMILES string of the molecule is CC(=O)Nc1cc([N+](=O)[O-])c(S(=O)(=O)Cl)cc1S(=O)(=O)Cl. The molecule has 0 heterocycles. The summed E-state index contributed by atoms with van der Waals surface area (Å²) in [4.78, 5) is 18.9. The number of amides is 1. The number of nitro benzene ring substituents is 1. The first-order valence-electron chi connectivity index (χ1n) is 4.83. The molecule has 0 atom stereocenters. The van der Waals surface area contributed by atoms with Crippen molar-refractivity contribution in [2.24, 2.45) is 0 Å². The predicted octanol–water partition coefficient (Wildman–Crippen LogP) is 1.41. The Morgan fingerprint density at radius 3 is 1.95 bits per heavy atom. The summed E-state index contributed by atoms with van der Waals surface area (Å²) in [5.41, 5.74) is -1.54. The fourth-order valence-electron chi connectivity index (χ4n) is 1.38. The minimum atomic E-state index is -4.61. The Morgan fingerprint density at radius 1 is 1.14 bits per heavy atom. The molecule has 0 bridgehead atoms. The summed E-state index contributed by atoms with van der Waals surface area (Å²) in [5, 5.41) is 12.9. The van der Waals surface area contributed by atoms with Gasteiger partial charge in [0.25, 0.3) is 23.8 Å². The minimum absolute atomic E-state index is 0.411. The highest BCUT2D eigenvalue weighted by atomic mass is 35.7. The maximum atomic E-state index is 11.4. The van der Waals surface area contributed by atoms with Crippen LogP contribution in [0.25, 0.3) is 0 Å². The Labute approximate surface area is 127 Å². The van der Waals surface area contributed by atoms with Gasteiger partial charge >= 0.3 is 0 Å². The second-order valence-corrected chi connectivity index (χ2v) is 8.70. The van der Waals surface area contributed by atoms with E-state index in [2.05, 4.69) is 0 Å². The molecular formula is C8H6Cl2N2O7S2. The lowest BCUT2D eigenvalue weighted by molar-refractivity contribution is -0.387. The molecule has 13 heteroatoms. The van der Waals surface area contributed by atoms with E-state index in [1.807, 2.05) is 5.32 Å². The lowest BCUT2D eigenvalue weighted by Crippen LogP contribution is -2.11. The molecule has 0 unspecified atom stereocenters. The fourth-order valence-corrected chi connectivity index (χ4v) is 3.48. The number of nitrogens with one attached hydrogen (secondary N) is 1. The van der Waals surface area contributed by atoms with Gasteiger partial charge in [0, 0.05) is 34.4 Å². The van der Waals surface area contributed by atoms with Crippen LogP contribution in [0.4, 0.5) is 11.4 Å². The molecule has 1 rings (SSSR count). The first-order valence-corrected chi connectivity index (χ1v) is 9.45. The van der Waals surface area contributed by atoms with Crippen LogP contribution < -0.4 is 5.32 Å². The number of hydrogen-bond acceptors (Lipinski definition) is 7. The number of carbonyl (C=O) groups excluding carboxylic acids is 1. The molecule has 0 saturated carbocycles. The highest BCUT2D eigenvalue weighted by Gasteiger charge is 2.30. The molecule has 0 aliphatic rings. The van der Waals surface area contributed by atoms with Crippen molar-refractivity contribution in [3.63, 3.8) is 0 Å². The number of rotatable bonds is 4. The molecule has 116 valence electrons. The van der Waals surface area contributed by atoms with Gasteiger partial charge in [0.05, 0.1) is 10.6 Å². The Bertz CT molecular complexity index is 832. The molecule has 1 aromatic rings. The summed E-state index contributed by atoms with van der Waals surface area (Å²) in [5.74, 6) is -0.743. The summed E-state index contributed by atoms with van der Waals surface area (Å²) in [6.07, 6.45) is 0. The van der Waals surface area contributed by atoms with E-state index in [1.165, 1.54) is 0 Å². The second kappa shape index (κ2) is 5.75. The number of anilines is 1. The van der Waals surface area contributed by atoms with Gasteiger partial charge in [0.2, 0.25) is 5.91 Å². The van der Waals surface area contributed by atoms with E-state index < -0.39 is 50.1 Å². The predicted molar refractivity (Wildman–Crippen MR) is 73.5 cm³/mol. The van der Waals surface area contributed by atoms with Crippen molar-refractivity contribution in [3.05, 3.63) is 22.2 Å². The topological polar surface area (TPSA) is 141 Å². The molecule has 0 fully saturated rings. The van der Waals surface area contributed by atoms with Gasteiger partial charge in [-0.25, -0.2) is 16.8 Å². The number of carbonyl (C=O) groups is 1. The third-order valence-corrected chi connectivity index (χ3v) is 4.81. The Morgan fingerprint density at radius 2 is 1.62 bits per heavy atom. The summed E-state index contributed by atoms with van der Waals surface area (Å²) in [7, 11) is 1.04. The number of hydrogen-bond donors (Lipinski definition) is 1. The van der Waals surface area contributed by atoms with Crippen molar-refractivity contribution in [2.75, 3.05) is 5.32 Å². The zero-order chi connectivity index (χ0) is 16.6. The van der Waals surface area contributed by atoms with Gasteiger partial charge in [0.1, 0.15) is 4.90 Å². The van der Waals surface area contributed by atoms with E-state index in [4.69, 9.17) is 21.4 Å². The van der Waals surface area contributed by atoms with E-state index in [0.29, 0.717) is 12.1 Å². The molecule has 0 aliphatic carbocycles. The molecule has 0 radical (unpaired) electrons. The quantitative estimate of drug-likeness (QED) is 0.475. The van der Waals surface area contributed by atoms with E-state index in [1.54, 1.807) is 0 Å². The average molecular weight is 377 g/mol. The van der Waals surface area contributed by atoms with Gasteiger partial charge in [0.15, 0.2) is 4.90 Å². The Kier molecular flexibility index (Phi) is 4.83.